The van der Waals surface area contributed by atoms with Crippen molar-refractivity contribution in [1.82, 2.24) is 10.2 Å². The van der Waals surface area contributed by atoms with Crippen LogP contribution >= 0.6 is 0 Å². The SMILES string of the molecule is CC1CCC(N2C[C@@H]3C(C(=O)NCC(=O)Nc4cccc(C(F)(F)F)c4)[C@@H]3C2)CC1. The lowest BCUT2D eigenvalue weighted by atomic mass is 9.86. The number of hydrogen-bond donors (Lipinski definition) is 2. The molecule has 2 N–H and O–H groups in total. The molecule has 3 aliphatic rings. The molecule has 2 aliphatic carbocycles. The second-order valence-electron chi connectivity index (χ2n) is 9.07. The molecule has 0 spiro atoms. The molecule has 1 aliphatic heterocycles. The Hall–Kier alpha value is -2.09. The molecule has 2 amide bonds. The van der Waals surface area contributed by atoms with E-state index in [1.807, 2.05) is 0 Å². The number of halogens is 3. The first-order valence-electron chi connectivity index (χ1n) is 10.7. The molecule has 3 fully saturated rings. The molecule has 3 atom stereocenters. The Kier molecular flexibility index (Phi) is 5.79. The smallest absolute Gasteiger partial charge is 0.347 e. The average molecular weight is 423 g/mol. The van der Waals surface area contributed by atoms with E-state index >= 15 is 0 Å². The Labute approximate surface area is 174 Å². The van der Waals surface area contributed by atoms with Gasteiger partial charge in [-0.05, 0) is 61.6 Å². The van der Waals surface area contributed by atoms with Gasteiger partial charge in [0.05, 0.1) is 12.1 Å². The van der Waals surface area contributed by atoms with Gasteiger partial charge in [0.1, 0.15) is 0 Å². The van der Waals surface area contributed by atoms with Gasteiger partial charge in [0.15, 0.2) is 0 Å². The van der Waals surface area contributed by atoms with Gasteiger partial charge in [-0.1, -0.05) is 13.0 Å². The number of likely N-dealkylation sites (tertiary alicyclic amines) is 1. The van der Waals surface area contributed by atoms with Crippen molar-refractivity contribution in [3.63, 3.8) is 0 Å². The summed E-state index contributed by atoms with van der Waals surface area (Å²) >= 11 is 0. The van der Waals surface area contributed by atoms with E-state index in [2.05, 4.69) is 22.5 Å². The Morgan fingerprint density at radius 3 is 2.40 bits per heavy atom. The van der Waals surface area contributed by atoms with Gasteiger partial charge in [0, 0.05) is 30.7 Å². The first-order chi connectivity index (χ1) is 14.2. The second-order valence-corrected chi connectivity index (χ2v) is 9.07. The molecule has 4 rings (SSSR count). The van der Waals surface area contributed by atoms with Crippen molar-refractivity contribution >= 4 is 17.5 Å². The number of benzene rings is 1. The van der Waals surface area contributed by atoms with E-state index in [9.17, 15) is 22.8 Å². The Bertz CT molecular complexity index is 793. The summed E-state index contributed by atoms with van der Waals surface area (Å²) in [6.07, 6.45) is 0.575. The monoisotopic (exact) mass is 423 g/mol. The van der Waals surface area contributed by atoms with Gasteiger partial charge < -0.3 is 10.6 Å². The van der Waals surface area contributed by atoms with Gasteiger partial charge in [-0.2, -0.15) is 13.2 Å². The number of carbonyl (C=O) groups is 2. The van der Waals surface area contributed by atoms with E-state index in [1.165, 1.54) is 37.8 Å². The fourth-order valence-corrected chi connectivity index (χ4v) is 5.12. The maximum absolute atomic E-state index is 12.8. The summed E-state index contributed by atoms with van der Waals surface area (Å²) in [6.45, 7) is 3.98. The number of hydrogen-bond acceptors (Lipinski definition) is 3. The molecule has 8 heteroatoms. The van der Waals surface area contributed by atoms with Crippen LogP contribution in [0, 0.1) is 23.7 Å². The molecular weight excluding hydrogens is 395 g/mol. The third-order valence-electron chi connectivity index (χ3n) is 6.92. The number of nitrogens with one attached hydrogen (secondary N) is 2. The number of fused-ring (bicyclic) bond motifs is 1. The number of alkyl halides is 3. The van der Waals surface area contributed by atoms with Crippen molar-refractivity contribution in [3.05, 3.63) is 29.8 Å². The predicted octanol–water partition coefficient (Wildman–Crippen LogP) is 3.52. The fraction of sp³-hybridized carbons (Fsp3) is 0.636. The molecular formula is C22H28F3N3O2. The number of nitrogens with zero attached hydrogens (tertiary/aromatic N) is 1. The highest BCUT2D eigenvalue weighted by atomic mass is 19.4. The topological polar surface area (TPSA) is 61.4 Å². The number of anilines is 1. The van der Waals surface area contributed by atoms with Crippen LogP contribution in [0.4, 0.5) is 18.9 Å². The van der Waals surface area contributed by atoms with Gasteiger partial charge in [-0.3, -0.25) is 14.5 Å². The van der Waals surface area contributed by atoms with Crippen LogP contribution in [-0.2, 0) is 15.8 Å². The van der Waals surface area contributed by atoms with E-state index < -0.39 is 17.6 Å². The standard InChI is InChI=1S/C22H28F3N3O2/c1-13-5-7-16(8-6-13)28-11-17-18(12-28)20(17)21(30)26-10-19(29)27-15-4-2-3-14(9-15)22(23,24)25/h2-4,9,13,16-18,20H,5-8,10-12H2,1H3,(H,26,30)(H,27,29)/t13?,16?,17-,18+,20?. The molecule has 164 valence electrons. The number of amides is 2. The van der Waals surface area contributed by atoms with E-state index in [0.29, 0.717) is 17.9 Å². The zero-order valence-corrected chi connectivity index (χ0v) is 17.0. The zero-order chi connectivity index (χ0) is 21.5. The van der Waals surface area contributed by atoms with Crippen LogP contribution in [0.5, 0.6) is 0 Å². The van der Waals surface area contributed by atoms with Crippen LogP contribution in [-0.4, -0.2) is 42.4 Å². The summed E-state index contributed by atoms with van der Waals surface area (Å²) in [5, 5.41) is 5.06. The molecule has 0 bridgehead atoms. The molecule has 2 saturated carbocycles. The van der Waals surface area contributed by atoms with Gasteiger partial charge >= 0.3 is 6.18 Å². The Morgan fingerprint density at radius 1 is 1.10 bits per heavy atom. The summed E-state index contributed by atoms with van der Waals surface area (Å²) in [5.74, 6) is 0.864. The second kappa shape index (κ2) is 8.21. The molecule has 30 heavy (non-hydrogen) atoms. The van der Waals surface area contributed by atoms with E-state index in [-0.39, 0.29) is 24.1 Å². The minimum atomic E-state index is -4.47. The highest BCUT2D eigenvalue weighted by Gasteiger charge is 2.59. The summed E-state index contributed by atoms with van der Waals surface area (Å²) in [7, 11) is 0. The quantitative estimate of drug-likeness (QED) is 0.762. The average Bonchev–Trinajstić information content (AvgIpc) is 3.20. The zero-order valence-electron chi connectivity index (χ0n) is 17.0. The summed E-state index contributed by atoms with van der Waals surface area (Å²) in [4.78, 5) is 27.0. The van der Waals surface area contributed by atoms with Crippen LogP contribution in [0.3, 0.4) is 0 Å². The van der Waals surface area contributed by atoms with E-state index in [1.54, 1.807) is 0 Å². The lowest BCUT2D eigenvalue weighted by Crippen LogP contribution is -2.40. The first kappa shape index (κ1) is 21.2. The van der Waals surface area contributed by atoms with Crippen molar-refractivity contribution in [1.29, 1.82) is 0 Å². The maximum atomic E-state index is 12.8. The largest absolute Gasteiger partial charge is 0.416 e. The third-order valence-corrected chi connectivity index (χ3v) is 6.92. The fourth-order valence-electron chi connectivity index (χ4n) is 5.12. The van der Waals surface area contributed by atoms with Crippen LogP contribution in [0.2, 0.25) is 0 Å². The lowest BCUT2D eigenvalue weighted by molar-refractivity contribution is -0.137. The highest BCUT2D eigenvalue weighted by molar-refractivity contribution is 5.95. The number of rotatable bonds is 5. The summed E-state index contributed by atoms with van der Waals surface area (Å²) < 4.78 is 38.3. The van der Waals surface area contributed by atoms with Gasteiger partial charge in [0.2, 0.25) is 11.8 Å². The molecule has 1 saturated heterocycles. The predicted molar refractivity (Wildman–Crippen MR) is 107 cm³/mol. The van der Waals surface area contributed by atoms with E-state index in [0.717, 1.165) is 31.1 Å². The highest BCUT2D eigenvalue weighted by Crippen LogP contribution is 2.53. The molecule has 1 unspecified atom stereocenters. The molecule has 1 aromatic carbocycles. The minimum absolute atomic E-state index is 0.0369. The van der Waals surface area contributed by atoms with Crippen molar-refractivity contribution in [2.75, 3.05) is 25.0 Å². The molecule has 5 nitrogen and oxygen atoms in total. The summed E-state index contributed by atoms with van der Waals surface area (Å²) in [5.41, 5.74) is -0.767. The van der Waals surface area contributed by atoms with Crippen molar-refractivity contribution in [2.24, 2.45) is 23.7 Å². The number of carbonyl (C=O) groups excluding carboxylic acids is 2. The van der Waals surface area contributed by atoms with Crippen LogP contribution in [0.15, 0.2) is 24.3 Å². The van der Waals surface area contributed by atoms with Crippen LogP contribution in [0.25, 0.3) is 0 Å². The minimum Gasteiger partial charge on any atom is -0.347 e. The molecule has 0 aromatic heterocycles. The summed E-state index contributed by atoms with van der Waals surface area (Å²) in [6, 6.07) is 5.10. The van der Waals surface area contributed by atoms with E-state index in [4.69, 9.17) is 0 Å². The molecule has 0 radical (unpaired) electrons. The number of piperidine rings is 1. The van der Waals surface area contributed by atoms with Crippen molar-refractivity contribution in [2.45, 2.75) is 44.8 Å². The first-order valence-corrected chi connectivity index (χ1v) is 10.7. The van der Waals surface area contributed by atoms with Gasteiger partial charge in [-0.25, -0.2) is 0 Å². The van der Waals surface area contributed by atoms with Crippen molar-refractivity contribution in [3.8, 4) is 0 Å². The molecule has 1 heterocycles. The normalized spacial score (nSPS) is 31.1. The van der Waals surface area contributed by atoms with Gasteiger partial charge in [-0.15, -0.1) is 0 Å². The lowest BCUT2D eigenvalue weighted by Gasteiger charge is -2.34. The third kappa shape index (κ3) is 4.63. The van der Waals surface area contributed by atoms with Crippen LogP contribution < -0.4 is 10.6 Å². The Balaban J connectivity index is 1.20. The Morgan fingerprint density at radius 2 is 1.77 bits per heavy atom. The van der Waals surface area contributed by atoms with Crippen LogP contribution in [0.1, 0.15) is 38.2 Å². The van der Waals surface area contributed by atoms with Crippen molar-refractivity contribution < 1.29 is 22.8 Å². The van der Waals surface area contributed by atoms with Gasteiger partial charge in [0.25, 0.3) is 0 Å². The maximum Gasteiger partial charge on any atom is 0.416 e. The molecule has 1 aromatic rings.